The van der Waals surface area contributed by atoms with Crippen LogP contribution in [0, 0.1) is 17.5 Å². The number of rotatable bonds is 4. The molecule has 0 radical (unpaired) electrons. The highest BCUT2D eigenvalue weighted by Crippen LogP contribution is 2.33. The summed E-state index contributed by atoms with van der Waals surface area (Å²) in [4.78, 5) is 7.11. The molecule has 0 spiro atoms. The molecule has 3 rings (SSSR count). The first kappa shape index (κ1) is 18.1. The number of sulfone groups is 1. The quantitative estimate of drug-likeness (QED) is 0.682. The van der Waals surface area contributed by atoms with Gasteiger partial charge < -0.3 is 4.74 Å². The highest BCUT2D eigenvalue weighted by Gasteiger charge is 2.28. The lowest BCUT2D eigenvalue weighted by molar-refractivity contribution is 0.436. The monoisotopic (exact) mass is 382 g/mol. The van der Waals surface area contributed by atoms with Gasteiger partial charge in [0, 0.05) is 0 Å². The largest absolute Gasteiger partial charge is 0.436 e. The third-order valence-electron chi connectivity index (χ3n) is 3.63. The molecule has 0 fully saturated rings. The van der Waals surface area contributed by atoms with Crippen LogP contribution in [0.1, 0.15) is 13.8 Å². The van der Waals surface area contributed by atoms with Crippen molar-refractivity contribution in [1.82, 2.24) is 9.97 Å². The fraction of sp³-hybridized carbons (Fsp3) is 0.176. The van der Waals surface area contributed by atoms with Gasteiger partial charge in [0.25, 0.3) is 0 Å². The molecule has 0 amide bonds. The zero-order chi connectivity index (χ0) is 19.1. The van der Waals surface area contributed by atoms with E-state index < -0.39 is 37.4 Å². The maximum absolute atomic E-state index is 14.2. The number of benzene rings is 2. The Balaban J connectivity index is 2.09. The molecule has 0 saturated carbocycles. The number of ether oxygens (including phenoxy) is 1. The highest BCUT2D eigenvalue weighted by molar-refractivity contribution is 7.92. The van der Waals surface area contributed by atoms with Gasteiger partial charge in [-0.3, -0.25) is 0 Å². The Kier molecular flexibility index (Phi) is 4.57. The van der Waals surface area contributed by atoms with Crippen molar-refractivity contribution in [1.29, 1.82) is 0 Å². The fourth-order valence-corrected chi connectivity index (χ4v) is 3.45. The number of fused-ring (bicyclic) bond motifs is 1. The van der Waals surface area contributed by atoms with Crippen LogP contribution < -0.4 is 4.74 Å². The molecule has 0 aliphatic carbocycles. The first-order chi connectivity index (χ1) is 12.2. The molecule has 0 saturated heterocycles. The van der Waals surface area contributed by atoms with Crippen molar-refractivity contribution < 1.29 is 26.3 Å². The molecule has 5 nitrogen and oxygen atoms in total. The zero-order valence-electron chi connectivity index (χ0n) is 13.7. The number of nitrogens with zero attached hydrogens (tertiary/aromatic N) is 2. The van der Waals surface area contributed by atoms with Gasteiger partial charge in [-0.25, -0.2) is 31.6 Å². The molecular formula is C17H13F3N2O3S. The second-order valence-corrected chi connectivity index (χ2v) is 8.14. The van der Waals surface area contributed by atoms with Crippen LogP contribution in [0.2, 0.25) is 0 Å². The van der Waals surface area contributed by atoms with Crippen molar-refractivity contribution >= 4 is 20.9 Å². The van der Waals surface area contributed by atoms with Gasteiger partial charge in [-0.15, -0.1) is 0 Å². The summed E-state index contributed by atoms with van der Waals surface area (Å²) in [6.45, 7) is 2.83. The minimum Gasteiger partial charge on any atom is -0.436 e. The van der Waals surface area contributed by atoms with E-state index in [0.717, 1.165) is 18.3 Å². The van der Waals surface area contributed by atoms with Crippen LogP contribution >= 0.6 is 0 Å². The summed E-state index contributed by atoms with van der Waals surface area (Å²) in [5.41, 5.74) is -0.294. The van der Waals surface area contributed by atoms with Crippen molar-refractivity contribution in [3.8, 4) is 11.6 Å². The van der Waals surface area contributed by atoms with Crippen molar-refractivity contribution in [2.75, 3.05) is 0 Å². The van der Waals surface area contributed by atoms with Gasteiger partial charge in [-0.05, 0) is 38.1 Å². The minimum absolute atomic E-state index is 0.00562. The molecule has 3 aromatic rings. The molecule has 0 atom stereocenters. The van der Waals surface area contributed by atoms with Crippen molar-refractivity contribution in [2.24, 2.45) is 0 Å². The van der Waals surface area contributed by atoms with Crippen LogP contribution in [0.5, 0.6) is 11.6 Å². The number of hydrogen-bond acceptors (Lipinski definition) is 5. The molecular weight excluding hydrogens is 369 g/mol. The number of hydrogen-bond donors (Lipinski definition) is 0. The van der Waals surface area contributed by atoms with Gasteiger partial charge in [-0.1, -0.05) is 6.07 Å². The van der Waals surface area contributed by atoms with Crippen LogP contribution in [-0.2, 0) is 9.84 Å². The van der Waals surface area contributed by atoms with Crippen LogP contribution in [0.4, 0.5) is 13.2 Å². The van der Waals surface area contributed by atoms with Gasteiger partial charge >= 0.3 is 0 Å². The first-order valence-corrected chi connectivity index (χ1v) is 9.07. The van der Waals surface area contributed by atoms with E-state index in [1.165, 1.54) is 32.0 Å². The second-order valence-electron chi connectivity index (χ2n) is 5.70. The van der Waals surface area contributed by atoms with E-state index in [1.807, 2.05) is 0 Å². The molecule has 0 aliphatic rings. The third kappa shape index (κ3) is 3.10. The molecule has 136 valence electrons. The standard InChI is InChI=1S/C17H13F3N2O3S/c1-9(2)26(23,24)17-11(19)4-3-5-13(17)25-14-8-21-16-12(22-14)7-6-10(18)15(16)20/h3-9H,1-2H3. The van der Waals surface area contributed by atoms with Crippen LogP contribution in [0.15, 0.2) is 41.4 Å². The minimum atomic E-state index is -3.97. The lowest BCUT2D eigenvalue weighted by atomic mass is 10.3. The predicted octanol–water partition coefficient (Wildman–Crippen LogP) is 4.02. The Labute approximate surface area is 147 Å². The van der Waals surface area contributed by atoms with Crippen LogP contribution in [-0.4, -0.2) is 23.6 Å². The second kappa shape index (κ2) is 6.56. The van der Waals surface area contributed by atoms with Crippen molar-refractivity contribution in [2.45, 2.75) is 24.0 Å². The topological polar surface area (TPSA) is 69.2 Å². The lowest BCUT2D eigenvalue weighted by Crippen LogP contribution is -2.16. The first-order valence-electron chi connectivity index (χ1n) is 7.53. The van der Waals surface area contributed by atoms with Crippen LogP contribution in [0.3, 0.4) is 0 Å². The van der Waals surface area contributed by atoms with Crippen molar-refractivity contribution in [3.05, 3.63) is 54.0 Å². The number of aromatic nitrogens is 2. The average molecular weight is 382 g/mol. The highest BCUT2D eigenvalue weighted by atomic mass is 32.2. The maximum atomic E-state index is 14.2. The molecule has 2 aromatic carbocycles. The molecule has 1 heterocycles. The van der Waals surface area contributed by atoms with Gasteiger partial charge in [0.2, 0.25) is 5.88 Å². The Bertz CT molecular complexity index is 1100. The normalized spacial score (nSPS) is 11.9. The Morgan fingerprint density at radius 1 is 1.04 bits per heavy atom. The SMILES string of the molecule is CC(C)S(=O)(=O)c1c(F)cccc1Oc1cnc2c(F)c(F)ccc2n1. The van der Waals surface area contributed by atoms with Gasteiger partial charge in [0.05, 0.1) is 17.0 Å². The van der Waals surface area contributed by atoms with E-state index in [2.05, 4.69) is 9.97 Å². The summed E-state index contributed by atoms with van der Waals surface area (Å²) in [5.74, 6) is -3.64. The van der Waals surface area contributed by atoms with Crippen LogP contribution in [0.25, 0.3) is 11.0 Å². The fourth-order valence-electron chi connectivity index (χ4n) is 2.25. The Morgan fingerprint density at radius 2 is 1.77 bits per heavy atom. The van der Waals surface area contributed by atoms with E-state index in [4.69, 9.17) is 4.74 Å². The Morgan fingerprint density at radius 3 is 2.46 bits per heavy atom. The van der Waals surface area contributed by atoms with E-state index in [0.29, 0.717) is 0 Å². The summed E-state index contributed by atoms with van der Waals surface area (Å²) in [6.07, 6.45) is 1.00. The van der Waals surface area contributed by atoms with E-state index in [1.54, 1.807) is 0 Å². The number of halogens is 3. The summed E-state index contributed by atoms with van der Waals surface area (Å²) in [5, 5.41) is -0.874. The molecule has 0 aliphatic heterocycles. The van der Waals surface area contributed by atoms with E-state index in [9.17, 15) is 21.6 Å². The smallest absolute Gasteiger partial charge is 0.238 e. The maximum Gasteiger partial charge on any atom is 0.238 e. The Hall–Kier alpha value is -2.68. The summed E-state index contributed by atoms with van der Waals surface area (Å²) in [7, 11) is -3.97. The summed E-state index contributed by atoms with van der Waals surface area (Å²) >= 11 is 0. The zero-order valence-corrected chi connectivity index (χ0v) is 14.5. The molecule has 0 unspecified atom stereocenters. The molecule has 1 aromatic heterocycles. The average Bonchev–Trinajstić information content (AvgIpc) is 2.58. The van der Waals surface area contributed by atoms with E-state index in [-0.39, 0.29) is 22.7 Å². The molecule has 26 heavy (non-hydrogen) atoms. The van der Waals surface area contributed by atoms with E-state index >= 15 is 0 Å². The molecule has 0 N–H and O–H groups in total. The lowest BCUT2D eigenvalue weighted by Gasteiger charge is -2.14. The van der Waals surface area contributed by atoms with Gasteiger partial charge in [-0.2, -0.15) is 0 Å². The third-order valence-corrected chi connectivity index (χ3v) is 5.84. The predicted molar refractivity (Wildman–Crippen MR) is 88.2 cm³/mol. The molecule has 0 bridgehead atoms. The van der Waals surface area contributed by atoms with Crippen molar-refractivity contribution in [3.63, 3.8) is 0 Å². The summed E-state index contributed by atoms with van der Waals surface area (Å²) in [6, 6.07) is 5.65. The molecule has 9 heteroatoms. The van der Waals surface area contributed by atoms with Gasteiger partial charge in [0.1, 0.15) is 16.2 Å². The van der Waals surface area contributed by atoms with Gasteiger partial charge in [0.15, 0.2) is 27.2 Å². The summed E-state index contributed by atoms with van der Waals surface area (Å²) < 4.78 is 71.3.